The van der Waals surface area contributed by atoms with Crippen LogP contribution in [0.2, 0.25) is 0 Å². The van der Waals surface area contributed by atoms with Crippen molar-refractivity contribution in [1.29, 1.82) is 0 Å². The van der Waals surface area contributed by atoms with Gasteiger partial charge in [0.2, 0.25) is 0 Å². The lowest BCUT2D eigenvalue weighted by molar-refractivity contribution is -0.143. The van der Waals surface area contributed by atoms with E-state index in [-0.39, 0.29) is 0 Å². The van der Waals surface area contributed by atoms with Crippen molar-refractivity contribution in [1.82, 2.24) is 5.09 Å². The van der Waals surface area contributed by atoms with Crippen LogP contribution in [0, 0.1) is 0 Å². The minimum atomic E-state index is -3.67. The number of nitrogens with two attached hydrogens (primary N) is 1. The van der Waals surface area contributed by atoms with Crippen LogP contribution in [0.4, 0.5) is 0 Å². The molecule has 0 aliphatic carbocycles. The standard InChI is InChI=1S/C43H85N2O5P/c1-4-6-8-10-12-14-16-18-20-22-24-26-28-30-32-36-40-49-51(47,45-42(43(46)48-3)38-34-35-39-44)50-41-37-33-31-29-27-25-23-21-19-17-15-13-11-9-7-5-2/h18-21,42H,4-17,22-41,44H2,1-3H3,(H,45,47)/b20-18+,21-19+/t42-/m0/s1. The van der Waals surface area contributed by atoms with Gasteiger partial charge in [0.05, 0.1) is 20.3 Å². The van der Waals surface area contributed by atoms with E-state index in [9.17, 15) is 9.36 Å². The van der Waals surface area contributed by atoms with Gasteiger partial charge in [-0.05, 0) is 83.6 Å². The third kappa shape index (κ3) is 35.8. The average Bonchev–Trinajstić information content (AvgIpc) is 3.13. The summed E-state index contributed by atoms with van der Waals surface area (Å²) in [7, 11) is -2.31. The predicted octanol–water partition coefficient (Wildman–Crippen LogP) is 13.5. The zero-order chi connectivity index (χ0) is 37.4. The molecule has 51 heavy (non-hydrogen) atoms. The molecule has 0 aromatic carbocycles. The van der Waals surface area contributed by atoms with Crippen LogP contribution in [-0.4, -0.2) is 38.9 Å². The molecule has 0 bridgehead atoms. The number of allylic oxidation sites excluding steroid dienone is 4. The van der Waals surface area contributed by atoms with Gasteiger partial charge in [0, 0.05) is 0 Å². The highest BCUT2D eigenvalue weighted by atomic mass is 31.2. The summed E-state index contributed by atoms with van der Waals surface area (Å²) in [5.74, 6) is -0.450. The molecule has 0 amide bonds. The van der Waals surface area contributed by atoms with E-state index in [0.29, 0.717) is 26.2 Å². The van der Waals surface area contributed by atoms with Crippen molar-refractivity contribution < 1.29 is 23.1 Å². The molecule has 0 spiro atoms. The molecule has 0 unspecified atom stereocenters. The van der Waals surface area contributed by atoms with Crippen molar-refractivity contribution in [3.05, 3.63) is 24.3 Å². The van der Waals surface area contributed by atoms with Crippen molar-refractivity contribution in [2.24, 2.45) is 5.73 Å². The van der Waals surface area contributed by atoms with Crippen LogP contribution in [0.25, 0.3) is 0 Å². The Balaban J connectivity index is 4.31. The molecule has 0 aliphatic rings. The second-order valence-electron chi connectivity index (χ2n) is 14.5. The van der Waals surface area contributed by atoms with E-state index in [1.807, 2.05) is 0 Å². The molecule has 7 nitrogen and oxygen atoms in total. The van der Waals surface area contributed by atoms with Gasteiger partial charge in [-0.25, -0.2) is 9.65 Å². The Kier molecular flexibility index (Phi) is 39.4. The Morgan fingerprint density at radius 2 is 0.902 bits per heavy atom. The van der Waals surface area contributed by atoms with Crippen LogP contribution in [0.5, 0.6) is 0 Å². The van der Waals surface area contributed by atoms with Gasteiger partial charge < -0.3 is 10.5 Å². The number of methoxy groups -OCH3 is 1. The summed E-state index contributed by atoms with van der Waals surface area (Å²) in [6.07, 6.45) is 45.9. The Morgan fingerprint density at radius 1 is 0.549 bits per heavy atom. The summed E-state index contributed by atoms with van der Waals surface area (Å²) in [6, 6.07) is -0.743. The first-order valence-corrected chi connectivity index (χ1v) is 23.3. The molecule has 3 N–H and O–H groups in total. The molecule has 0 aliphatic heterocycles. The van der Waals surface area contributed by atoms with Gasteiger partial charge in [0.15, 0.2) is 0 Å². The van der Waals surface area contributed by atoms with Crippen LogP contribution in [-0.2, 0) is 23.1 Å². The summed E-state index contributed by atoms with van der Waals surface area (Å²) in [5.41, 5.74) is 5.66. The van der Waals surface area contributed by atoms with E-state index in [0.717, 1.165) is 51.4 Å². The van der Waals surface area contributed by atoms with Crippen LogP contribution in [0.1, 0.15) is 213 Å². The fraction of sp³-hybridized carbons (Fsp3) is 0.884. The van der Waals surface area contributed by atoms with E-state index in [1.54, 1.807) is 0 Å². The normalized spacial score (nSPS) is 12.8. The maximum absolute atomic E-state index is 13.8. The lowest BCUT2D eigenvalue weighted by atomic mass is 10.1. The van der Waals surface area contributed by atoms with Crippen molar-refractivity contribution in [3.8, 4) is 0 Å². The van der Waals surface area contributed by atoms with Crippen LogP contribution in [0.3, 0.4) is 0 Å². The first-order chi connectivity index (χ1) is 25.0. The summed E-state index contributed by atoms with van der Waals surface area (Å²) in [6.45, 7) is 5.77. The number of carbonyl (C=O) groups excluding carboxylic acids is 1. The van der Waals surface area contributed by atoms with Crippen molar-refractivity contribution in [2.45, 2.75) is 219 Å². The number of nitrogens with one attached hydrogen (secondary N) is 1. The van der Waals surface area contributed by atoms with Crippen molar-refractivity contribution in [2.75, 3.05) is 26.9 Å². The first kappa shape index (κ1) is 50.0. The number of rotatable bonds is 41. The van der Waals surface area contributed by atoms with Crippen molar-refractivity contribution >= 4 is 13.7 Å². The highest BCUT2D eigenvalue weighted by Gasteiger charge is 2.32. The molecule has 302 valence electrons. The Morgan fingerprint density at radius 3 is 1.25 bits per heavy atom. The molecule has 0 fully saturated rings. The molecule has 0 saturated carbocycles. The quantitative estimate of drug-likeness (QED) is 0.0278. The van der Waals surface area contributed by atoms with E-state index in [1.165, 1.54) is 148 Å². The smallest absolute Gasteiger partial charge is 0.406 e. The average molecular weight is 741 g/mol. The lowest BCUT2D eigenvalue weighted by Crippen LogP contribution is -2.36. The molecule has 0 rings (SSSR count). The Labute approximate surface area is 317 Å². The molecule has 0 aromatic heterocycles. The summed E-state index contributed by atoms with van der Waals surface area (Å²) in [5, 5.41) is 2.93. The van der Waals surface area contributed by atoms with Gasteiger partial charge in [0.1, 0.15) is 6.04 Å². The first-order valence-electron chi connectivity index (χ1n) is 21.8. The molecule has 1 atom stereocenters. The van der Waals surface area contributed by atoms with Crippen LogP contribution >= 0.6 is 7.75 Å². The Hall–Kier alpha value is -0.980. The van der Waals surface area contributed by atoms with Gasteiger partial charge in [-0.3, -0.25) is 13.8 Å². The van der Waals surface area contributed by atoms with Gasteiger partial charge in [-0.1, -0.05) is 160 Å². The fourth-order valence-corrected chi connectivity index (χ4v) is 7.82. The van der Waals surface area contributed by atoms with E-state index < -0.39 is 19.8 Å². The van der Waals surface area contributed by atoms with Gasteiger partial charge in [-0.2, -0.15) is 0 Å². The molecule has 0 aromatic rings. The highest BCUT2D eigenvalue weighted by molar-refractivity contribution is 7.51. The van der Waals surface area contributed by atoms with Crippen LogP contribution < -0.4 is 10.8 Å². The molecule has 0 radical (unpaired) electrons. The number of carbonyl (C=O) groups is 1. The largest absolute Gasteiger partial charge is 0.468 e. The number of esters is 1. The topological polar surface area (TPSA) is 99.9 Å². The molecular weight excluding hydrogens is 655 g/mol. The second-order valence-corrected chi connectivity index (χ2v) is 16.3. The third-order valence-electron chi connectivity index (χ3n) is 9.58. The van der Waals surface area contributed by atoms with Gasteiger partial charge in [-0.15, -0.1) is 0 Å². The number of hydrogen-bond acceptors (Lipinski definition) is 6. The Bertz CT molecular complexity index is 789. The minimum Gasteiger partial charge on any atom is -0.468 e. The highest BCUT2D eigenvalue weighted by Crippen LogP contribution is 2.45. The summed E-state index contributed by atoms with van der Waals surface area (Å²) >= 11 is 0. The van der Waals surface area contributed by atoms with E-state index >= 15 is 0 Å². The monoisotopic (exact) mass is 741 g/mol. The number of ether oxygens (including phenoxy) is 1. The lowest BCUT2D eigenvalue weighted by Gasteiger charge is -2.24. The molecule has 0 saturated heterocycles. The fourth-order valence-electron chi connectivity index (χ4n) is 6.24. The zero-order valence-corrected chi connectivity index (χ0v) is 34.9. The van der Waals surface area contributed by atoms with E-state index in [4.69, 9.17) is 19.5 Å². The molecule has 8 heteroatoms. The maximum Gasteiger partial charge on any atom is 0.406 e. The second kappa shape index (κ2) is 40.2. The zero-order valence-electron chi connectivity index (χ0n) is 34.0. The van der Waals surface area contributed by atoms with Crippen LogP contribution in [0.15, 0.2) is 24.3 Å². The van der Waals surface area contributed by atoms with E-state index in [2.05, 4.69) is 43.2 Å². The third-order valence-corrected chi connectivity index (χ3v) is 11.3. The summed E-state index contributed by atoms with van der Waals surface area (Å²) in [4.78, 5) is 12.5. The number of unbranched alkanes of at least 4 members (excludes halogenated alkanes) is 25. The molecule has 0 heterocycles. The van der Waals surface area contributed by atoms with Crippen molar-refractivity contribution in [3.63, 3.8) is 0 Å². The summed E-state index contributed by atoms with van der Waals surface area (Å²) < 4.78 is 30.6. The minimum absolute atomic E-state index is 0.343. The predicted molar refractivity (Wildman–Crippen MR) is 220 cm³/mol. The SMILES string of the molecule is CCCCCCCC/C=C/CCCCCCCCOP(=O)(N[C@@H](CCCCN)C(=O)OC)OCCCCCCCC/C=C/CCCCCCCC. The maximum atomic E-state index is 13.8. The number of hydrogen-bond donors (Lipinski definition) is 2. The van der Waals surface area contributed by atoms with Gasteiger partial charge >= 0.3 is 13.7 Å². The molecular formula is C43H85N2O5P. The van der Waals surface area contributed by atoms with Gasteiger partial charge in [0.25, 0.3) is 0 Å².